The fourth-order valence-electron chi connectivity index (χ4n) is 4.83. The van der Waals surface area contributed by atoms with Crippen LogP contribution in [0.2, 0.25) is 22.7 Å². The molecule has 4 nitrogen and oxygen atoms in total. The van der Waals surface area contributed by atoms with Gasteiger partial charge in [0.05, 0.1) is 25.5 Å². The Morgan fingerprint density at radius 2 is 1.44 bits per heavy atom. The van der Waals surface area contributed by atoms with E-state index in [1.807, 2.05) is 0 Å². The summed E-state index contributed by atoms with van der Waals surface area (Å²) in [7, 11) is -1.48. The molecule has 0 heterocycles. The number of alkyl halides is 1. The van der Waals surface area contributed by atoms with Crippen molar-refractivity contribution < 1.29 is 19.4 Å². The third kappa shape index (κ3) is 6.59. The van der Waals surface area contributed by atoms with Crippen LogP contribution in [0.15, 0.2) is 0 Å². The van der Waals surface area contributed by atoms with Crippen LogP contribution in [-0.2, 0) is 14.3 Å². The van der Waals surface area contributed by atoms with Crippen LogP contribution in [0.4, 0.5) is 0 Å². The summed E-state index contributed by atoms with van der Waals surface area (Å²) in [4.78, 5) is 24.1. The highest BCUT2D eigenvalue weighted by Gasteiger charge is 2.43. The van der Waals surface area contributed by atoms with Gasteiger partial charge in [-0.3, -0.25) is 9.59 Å². The van der Waals surface area contributed by atoms with E-state index in [1.54, 1.807) is 20.8 Å². The molecule has 6 heteroatoms. The number of rotatable bonds is 12. The fraction of sp³-hybridized carbons (Fsp3) is 0.905. The van der Waals surface area contributed by atoms with Gasteiger partial charge in [-0.1, -0.05) is 80.1 Å². The Balaban J connectivity index is 4.89. The largest absolute Gasteiger partial charge is 0.481 e. The summed E-state index contributed by atoms with van der Waals surface area (Å²) in [6.07, 6.45) is 1.12. The van der Waals surface area contributed by atoms with Gasteiger partial charge >= 0.3 is 11.9 Å². The Morgan fingerprint density at radius 3 is 1.78 bits per heavy atom. The molecule has 0 saturated heterocycles. The predicted octanol–water partition coefficient (Wildman–Crippen LogP) is 6.50. The lowest BCUT2D eigenvalue weighted by molar-refractivity contribution is -0.158. The number of hydrogen-bond acceptors (Lipinski definition) is 3. The molecule has 0 saturated carbocycles. The lowest BCUT2D eigenvalue weighted by atomic mass is 9.75. The van der Waals surface area contributed by atoms with Crippen molar-refractivity contribution in [2.24, 2.45) is 10.8 Å². The average Bonchev–Trinajstić information content (AvgIpc) is 2.52. The maximum Gasteiger partial charge on any atom is 0.311 e. The van der Waals surface area contributed by atoms with Gasteiger partial charge in [-0.25, -0.2) is 0 Å². The molecule has 0 bridgehead atoms. The molecule has 1 N–H and O–H groups in total. The van der Waals surface area contributed by atoms with Crippen molar-refractivity contribution in [2.75, 3.05) is 11.9 Å². The van der Waals surface area contributed by atoms with Crippen LogP contribution in [0.5, 0.6) is 0 Å². The Labute approximate surface area is 176 Å². The second kappa shape index (κ2) is 10.4. The number of carboxylic acids is 1. The molecule has 0 aliphatic rings. The van der Waals surface area contributed by atoms with Crippen molar-refractivity contribution in [2.45, 2.75) is 97.8 Å². The zero-order valence-electron chi connectivity index (χ0n) is 18.8. The maximum absolute atomic E-state index is 12.6. The molecule has 1 atom stereocenters. The first-order valence-corrected chi connectivity index (χ1v) is 13.7. The lowest BCUT2D eigenvalue weighted by Gasteiger charge is -2.43. The summed E-state index contributed by atoms with van der Waals surface area (Å²) >= 11 is 3.27. The number of carbonyl (C=O) groups excluding carboxylic acids is 1. The van der Waals surface area contributed by atoms with E-state index in [0.717, 1.165) is 12.5 Å². The summed E-state index contributed by atoms with van der Waals surface area (Å²) in [6.45, 7) is 19.7. The lowest BCUT2D eigenvalue weighted by Crippen LogP contribution is -2.44. The molecule has 1 unspecified atom stereocenters. The molecule has 0 aromatic carbocycles. The number of hydrogen-bond donors (Lipinski definition) is 1. The number of halogens is 1. The number of carbonyl (C=O) groups is 2. The number of aliphatic carboxylic acids is 1. The van der Waals surface area contributed by atoms with Crippen LogP contribution in [0, 0.1) is 10.8 Å². The Morgan fingerprint density at radius 1 is 1.00 bits per heavy atom. The third-order valence-electron chi connectivity index (χ3n) is 6.41. The number of ether oxygens (including phenoxy) is 1. The van der Waals surface area contributed by atoms with Crippen molar-refractivity contribution >= 4 is 35.9 Å². The van der Waals surface area contributed by atoms with Gasteiger partial charge in [0.25, 0.3) is 0 Å². The maximum atomic E-state index is 12.6. The van der Waals surface area contributed by atoms with E-state index in [-0.39, 0.29) is 12.4 Å². The van der Waals surface area contributed by atoms with Crippen LogP contribution in [0.1, 0.15) is 75.2 Å². The summed E-state index contributed by atoms with van der Waals surface area (Å²) < 4.78 is 5.59. The van der Waals surface area contributed by atoms with Crippen molar-refractivity contribution in [3.8, 4) is 0 Å². The van der Waals surface area contributed by atoms with Gasteiger partial charge in [-0.05, 0) is 33.6 Å². The van der Waals surface area contributed by atoms with E-state index in [1.165, 1.54) is 0 Å². The van der Waals surface area contributed by atoms with Crippen LogP contribution in [0.25, 0.3) is 0 Å². The molecule has 0 aliphatic carbocycles. The van der Waals surface area contributed by atoms with E-state index in [9.17, 15) is 14.7 Å². The molecular formula is C21H41BrO4Si. The number of esters is 1. The van der Waals surface area contributed by atoms with E-state index in [4.69, 9.17) is 4.74 Å². The molecule has 0 aliphatic heterocycles. The molecule has 0 spiro atoms. The Bertz CT molecular complexity index is 481. The van der Waals surface area contributed by atoms with Crippen molar-refractivity contribution in [3.63, 3.8) is 0 Å². The second-order valence-corrected chi connectivity index (χ2v) is 16.6. The highest BCUT2D eigenvalue weighted by atomic mass is 79.9. The molecule has 0 aromatic heterocycles. The molecule has 0 fully saturated rings. The predicted molar refractivity (Wildman–Crippen MR) is 119 cm³/mol. The average molecular weight is 466 g/mol. The Kier molecular flexibility index (Phi) is 10.3. The SMILES string of the molecule is CC(C)[Si](CCCOC(=O)C(C)(C)CC(C)(CBr)C(=O)O)(C(C)C)C(C)C. The first-order valence-electron chi connectivity index (χ1n) is 10.1. The standard InChI is InChI=1S/C21H41BrO4Si/c1-15(2)27(16(3)4,17(5)6)12-10-11-26-19(25)20(7,8)13-21(9,14-22)18(23)24/h15-17H,10-14H2,1-9H3,(H,23,24). The van der Waals surface area contributed by atoms with Crippen LogP contribution < -0.4 is 0 Å². The molecule has 27 heavy (non-hydrogen) atoms. The van der Waals surface area contributed by atoms with Crippen LogP contribution >= 0.6 is 15.9 Å². The third-order valence-corrected chi connectivity index (χ3v) is 15.3. The van der Waals surface area contributed by atoms with Crippen molar-refractivity contribution in [3.05, 3.63) is 0 Å². The molecule has 0 amide bonds. The molecule has 0 rings (SSSR count). The summed E-state index contributed by atoms with van der Waals surface area (Å²) in [5.41, 5.74) is 0.265. The van der Waals surface area contributed by atoms with E-state index >= 15 is 0 Å². The van der Waals surface area contributed by atoms with Gasteiger partial charge in [0.1, 0.15) is 0 Å². The summed E-state index contributed by atoms with van der Waals surface area (Å²) in [5.74, 6) is -1.20. The highest BCUT2D eigenvalue weighted by Crippen LogP contribution is 2.45. The second-order valence-electron chi connectivity index (χ2n) is 9.88. The zero-order chi connectivity index (χ0) is 21.6. The fourth-order valence-corrected chi connectivity index (χ4v) is 11.8. The van der Waals surface area contributed by atoms with Gasteiger partial charge in [0.15, 0.2) is 0 Å². The minimum atomic E-state index is -1.48. The van der Waals surface area contributed by atoms with E-state index < -0.39 is 24.9 Å². The monoisotopic (exact) mass is 464 g/mol. The van der Waals surface area contributed by atoms with E-state index in [0.29, 0.717) is 28.6 Å². The van der Waals surface area contributed by atoms with E-state index in [2.05, 4.69) is 57.5 Å². The Hall–Kier alpha value is -0.363. The van der Waals surface area contributed by atoms with Crippen molar-refractivity contribution in [1.82, 2.24) is 0 Å². The normalized spacial score (nSPS) is 15.3. The summed E-state index contributed by atoms with van der Waals surface area (Å²) in [6, 6.07) is 1.15. The minimum absolute atomic E-state index is 0.238. The number of carboxylic acid groups (broad SMARTS) is 1. The molecule has 0 aromatic rings. The highest BCUT2D eigenvalue weighted by molar-refractivity contribution is 9.09. The van der Waals surface area contributed by atoms with Crippen molar-refractivity contribution in [1.29, 1.82) is 0 Å². The molecule has 160 valence electrons. The first-order chi connectivity index (χ1) is 12.2. The van der Waals surface area contributed by atoms with Gasteiger partial charge in [0, 0.05) is 5.33 Å². The smallest absolute Gasteiger partial charge is 0.311 e. The molecule has 0 radical (unpaired) electrons. The summed E-state index contributed by atoms with van der Waals surface area (Å²) in [5, 5.41) is 9.76. The van der Waals surface area contributed by atoms with Gasteiger partial charge in [-0.15, -0.1) is 0 Å². The van der Waals surface area contributed by atoms with Gasteiger partial charge in [-0.2, -0.15) is 0 Å². The van der Waals surface area contributed by atoms with Gasteiger partial charge < -0.3 is 9.84 Å². The minimum Gasteiger partial charge on any atom is -0.481 e. The van der Waals surface area contributed by atoms with Gasteiger partial charge in [0.2, 0.25) is 0 Å². The van der Waals surface area contributed by atoms with Crippen LogP contribution in [0.3, 0.4) is 0 Å². The molecular weight excluding hydrogens is 424 g/mol. The first kappa shape index (κ1) is 26.6. The van der Waals surface area contributed by atoms with Crippen LogP contribution in [-0.4, -0.2) is 37.1 Å². The quantitative estimate of drug-likeness (QED) is 0.155. The topological polar surface area (TPSA) is 63.6 Å². The zero-order valence-corrected chi connectivity index (χ0v) is 21.4.